The van der Waals surface area contributed by atoms with E-state index in [-0.39, 0.29) is 49.6 Å². The Kier molecular flexibility index (Phi) is 6.58. The molecule has 5 aliphatic rings. The molecule has 0 bridgehead atoms. The summed E-state index contributed by atoms with van der Waals surface area (Å²) >= 11 is 0. The number of aliphatic hydroxyl groups excluding tert-OH is 1. The van der Waals surface area contributed by atoms with E-state index in [1.165, 1.54) is 0 Å². The number of ether oxygens (including phenoxy) is 1. The molecule has 9 heteroatoms. The molecule has 6 N–H and O–H groups in total. The minimum atomic E-state index is -1.44. The molecule has 1 aromatic heterocycles. The minimum absolute atomic E-state index is 0.0460. The van der Waals surface area contributed by atoms with E-state index in [4.69, 9.17) is 14.9 Å². The van der Waals surface area contributed by atoms with E-state index >= 15 is 0 Å². The molecule has 0 aromatic carbocycles. The van der Waals surface area contributed by atoms with Gasteiger partial charge in [0.1, 0.15) is 12.4 Å². The summed E-state index contributed by atoms with van der Waals surface area (Å²) in [5.41, 5.74) is 1.90. The molecule has 0 spiro atoms. The van der Waals surface area contributed by atoms with Gasteiger partial charge in [-0.3, -0.25) is 4.79 Å². The first-order valence-electron chi connectivity index (χ1n) is 13.5. The smallest absolute Gasteiger partial charge is 0.331 e. The fraction of sp³-hybridized carbons (Fsp3) is 0.714. The molecular weight excluding hydrogens is 478 g/mol. The first kappa shape index (κ1) is 26.4. The largest absolute Gasteiger partial charge is 0.481 e. The van der Waals surface area contributed by atoms with Crippen LogP contribution in [0, 0.1) is 28.6 Å². The number of rotatable bonds is 3. The monoisotopic (exact) mass is 517 g/mol. The lowest BCUT2D eigenvalue weighted by molar-refractivity contribution is -0.260. The molecule has 9 nitrogen and oxygen atoms in total. The van der Waals surface area contributed by atoms with Crippen LogP contribution < -0.4 is 5.73 Å². The summed E-state index contributed by atoms with van der Waals surface area (Å²) in [6, 6.07) is 3.67. The molecule has 4 fully saturated rings. The van der Waals surface area contributed by atoms with Crippen molar-refractivity contribution >= 4 is 11.9 Å². The van der Waals surface area contributed by atoms with Gasteiger partial charge in [-0.05, 0) is 86.8 Å². The second-order valence-electron chi connectivity index (χ2n) is 12.0. The number of hydrogen-bond acceptors (Lipinski definition) is 8. The predicted octanol–water partition coefficient (Wildman–Crippen LogP) is 2.52. The van der Waals surface area contributed by atoms with E-state index in [0.29, 0.717) is 38.6 Å². The molecule has 8 atom stereocenters. The molecule has 204 valence electrons. The van der Waals surface area contributed by atoms with E-state index < -0.39 is 34.1 Å². The van der Waals surface area contributed by atoms with Gasteiger partial charge in [-0.1, -0.05) is 6.92 Å². The van der Waals surface area contributed by atoms with Crippen LogP contribution in [-0.2, 0) is 20.9 Å². The summed E-state index contributed by atoms with van der Waals surface area (Å²) in [6.45, 7) is 2.86. The van der Waals surface area contributed by atoms with Gasteiger partial charge in [0.05, 0.1) is 35.5 Å². The number of fused-ring (bicyclic) bond motifs is 5. The lowest BCUT2D eigenvalue weighted by Gasteiger charge is -2.65. The van der Waals surface area contributed by atoms with Gasteiger partial charge in [0, 0.05) is 17.9 Å². The Morgan fingerprint density at radius 3 is 2.46 bits per heavy atom. The predicted molar refractivity (Wildman–Crippen MR) is 132 cm³/mol. The summed E-state index contributed by atoms with van der Waals surface area (Å²) in [5, 5.41) is 44.1. The van der Waals surface area contributed by atoms with E-state index in [0.717, 1.165) is 17.8 Å². The zero-order chi connectivity index (χ0) is 26.6. The minimum Gasteiger partial charge on any atom is -0.481 e. The summed E-state index contributed by atoms with van der Waals surface area (Å²) < 4.78 is 9.99. The Balaban J connectivity index is 0.000000348. The molecule has 2 heterocycles. The van der Waals surface area contributed by atoms with Crippen molar-refractivity contribution in [3.8, 4) is 0 Å². The average molecular weight is 518 g/mol. The van der Waals surface area contributed by atoms with Crippen molar-refractivity contribution in [1.82, 2.24) is 0 Å². The maximum absolute atomic E-state index is 12.7. The third-order valence-electron chi connectivity index (χ3n) is 10.7. The summed E-state index contributed by atoms with van der Waals surface area (Å²) in [5.74, 6) is -0.985. The van der Waals surface area contributed by atoms with Crippen LogP contribution >= 0.6 is 0 Å². The number of aliphatic carboxylic acids is 1. The van der Waals surface area contributed by atoms with Gasteiger partial charge in [0.25, 0.3) is 0 Å². The maximum atomic E-state index is 12.7. The zero-order valence-corrected chi connectivity index (χ0v) is 21.4. The molecule has 1 aliphatic heterocycles. The Morgan fingerprint density at radius 1 is 1.11 bits per heavy atom. The third kappa shape index (κ3) is 3.80. The second kappa shape index (κ2) is 9.22. The van der Waals surface area contributed by atoms with Crippen molar-refractivity contribution in [2.75, 3.05) is 6.61 Å². The van der Waals surface area contributed by atoms with Crippen LogP contribution in [0.1, 0.15) is 70.5 Å². The van der Waals surface area contributed by atoms with Crippen LogP contribution in [0.25, 0.3) is 0 Å². The van der Waals surface area contributed by atoms with Crippen LogP contribution in [0.15, 0.2) is 34.5 Å². The van der Waals surface area contributed by atoms with Gasteiger partial charge in [0.15, 0.2) is 0 Å². The van der Waals surface area contributed by atoms with Gasteiger partial charge in [-0.25, -0.2) is 4.79 Å². The van der Waals surface area contributed by atoms with Crippen molar-refractivity contribution < 1.29 is 39.2 Å². The highest BCUT2D eigenvalue weighted by Crippen LogP contribution is 2.70. The molecule has 4 aliphatic carbocycles. The number of hydrogen-bond donors (Lipinski definition) is 5. The molecule has 6 rings (SSSR count). The number of carboxylic acids is 1. The standard InChI is InChI=1S/C23H32O7.C5H7NO/c1-20-6-3-16-17(23(20,29)9-5-15(20)13-10-18(25)30-12-13)4-7-21(28)11-14(24)2-8-22(16,21)19(26)27;6-4-5-2-1-3-7-5/h10,14-17,24,28-29H,2-9,11-12H2,1H3,(H,26,27);1-3H,4,6H2/t14-,15+,16-,17+,20+,21-,22+,23-;/m0./s1. The van der Waals surface area contributed by atoms with Crippen LogP contribution in [-0.4, -0.2) is 56.3 Å². The van der Waals surface area contributed by atoms with Crippen molar-refractivity contribution in [2.24, 2.45) is 34.3 Å². The summed E-state index contributed by atoms with van der Waals surface area (Å²) in [6.07, 6.45) is 6.61. The molecule has 1 aromatic rings. The normalized spacial score (nSPS) is 44.5. The molecule has 0 unspecified atom stereocenters. The SMILES string of the molecule is C[C@]12CC[C@H]3[C@@H](CC[C@]4(O)C[C@@H](O)CC[C@]34C(=O)O)[C@@]1(O)CC[C@@H]2C1=CC(=O)OC1.NCc1ccco1. The lowest BCUT2D eigenvalue weighted by Crippen LogP contribution is -2.70. The highest BCUT2D eigenvalue weighted by atomic mass is 16.5. The third-order valence-corrected chi connectivity index (χ3v) is 10.7. The van der Waals surface area contributed by atoms with E-state index in [2.05, 4.69) is 6.92 Å². The fourth-order valence-corrected chi connectivity index (χ4v) is 8.92. The van der Waals surface area contributed by atoms with Crippen LogP contribution in [0.2, 0.25) is 0 Å². The fourth-order valence-electron chi connectivity index (χ4n) is 8.92. The number of aliphatic hydroxyl groups is 3. The van der Waals surface area contributed by atoms with Gasteiger partial charge in [-0.15, -0.1) is 0 Å². The van der Waals surface area contributed by atoms with Crippen LogP contribution in [0.5, 0.6) is 0 Å². The van der Waals surface area contributed by atoms with Crippen molar-refractivity contribution in [1.29, 1.82) is 0 Å². The highest BCUT2D eigenvalue weighted by Gasteiger charge is 2.73. The van der Waals surface area contributed by atoms with Crippen LogP contribution in [0.3, 0.4) is 0 Å². The molecular formula is C28H39NO8. The van der Waals surface area contributed by atoms with Crippen LogP contribution in [0.4, 0.5) is 0 Å². The summed E-state index contributed by atoms with van der Waals surface area (Å²) in [4.78, 5) is 24.3. The number of esters is 1. The Morgan fingerprint density at radius 2 is 1.86 bits per heavy atom. The number of furan rings is 1. The number of cyclic esters (lactones) is 1. The second-order valence-corrected chi connectivity index (χ2v) is 12.0. The molecule has 0 saturated heterocycles. The molecule has 37 heavy (non-hydrogen) atoms. The molecule has 4 saturated carbocycles. The summed E-state index contributed by atoms with van der Waals surface area (Å²) in [7, 11) is 0. The first-order chi connectivity index (χ1) is 17.5. The Bertz CT molecular complexity index is 1070. The van der Waals surface area contributed by atoms with Gasteiger partial charge in [-0.2, -0.15) is 0 Å². The topological polar surface area (TPSA) is 163 Å². The molecule has 0 radical (unpaired) electrons. The Labute approximate surface area is 216 Å². The van der Waals surface area contributed by atoms with Gasteiger partial charge < -0.3 is 35.3 Å². The maximum Gasteiger partial charge on any atom is 0.331 e. The van der Waals surface area contributed by atoms with E-state index in [1.807, 2.05) is 12.1 Å². The van der Waals surface area contributed by atoms with Gasteiger partial charge >= 0.3 is 11.9 Å². The Hall–Kier alpha value is -2.20. The number of carboxylic acid groups (broad SMARTS) is 1. The molecule has 0 amide bonds. The number of carbonyl (C=O) groups is 2. The average Bonchev–Trinajstić information content (AvgIpc) is 3.58. The van der Waals surface area contributed by atoms with Crippen molar-refractivity contribution in [3.63, 3.8) is 0 Å². The quantitative estimate of drug-likeness (QED) is 0.379. The van der Waals surface area contributed by atoms with Crippen molar-refractivity contribution in [3.05, 3.63) is 35.8 Å². The van der Waals surface area contributed by atoms with Gasteiger partial charge in [0.2, 0.25) is 0 Å². The lowest BCUT2D eigenvalue weighted by atomic mass is 9.41. The first-order valence-corrected chi connectivity index (χ1v) is 13.5. The highest BCUT2D eigenvalue weighted by molar-refractivity contribution is 5.85. The number of nitrogens with two attached hydrogens (primary N) is 1. The van der Waals surface area contributed by atoms with E-state index in [9.17, 15) is 30.0 Å². The van der Waals surface area contributed by atoms with Crippen molar-refractivity contribution in [2.45, 2.75) is 88.6 Å². The van der Waals surface area contributed by atoms with E-state index in [1.54, 1.807) is 12.3 Å². The zero-order valence-electron chi connectivity index (χ0n) is 21.4. The number of carbonyl (C=O) groups excluding carboxylic acids is 1.